The summed E-state index contributed by atoms with van der Waals surface area (Å²) < 4.78 is 0. The second kappa shape index (κ2) is 5.87. The van der Waals surface area contributed by atoms with Crippen LogP contribution in [0.2, 0.25) is 0 Å². The lowest BCUT2D eigenvalue weighted by Crippen LogP contribution is -2.34. The Morgan fingerprint density at radius 1 is 1.25 bits per heavy atom. The molecule has 1 aromatic carbocycles. The van der Waals surface area contributed by atoms with Gasteiger partial charge in [0, 0.05) is 25.1 Å². The number of aliphatic hydroxyl groups is 1. The van der Waals surface area contributed by atoms with E-state index in [9.17, 15) is 5.11 Å². The van der Waals surface area contributed by atoms with Crippen molar-refractivity contribution in [1.82, 2.24) is 5.32 Å². The lowest BCUT2D eigenvalue weighted by atomic mass is 9.88. The lowest BCUT2D eigenvalue weighted by Gasteiger charge is -2.25. The molecule has 1 atom stereocenters. The quantitative estimate of drug-likeness (QED) is 0.690. The van der Waals surface area contributed by atoms with Gasteiger partial charge in [0.05, 0.1) is 0 Å². The number of phenolic OH excluding ortho intramolecular Hbond substituents is 1. The largest absolute Gasteiger partial charge is 0.508 e. The van der Waals surface area contributed by atoms with E-state index in [-0.39, 0.29) is 17.8 Å². The minimum absolute atomic E-state index is 0.0447. The molecule has 0 aliphatic heterocycles. The van der Waals surface area contributed by atoms with Crippen LogP contribution in [0, 0.1) is 5.41 Å². The van der Waals surface area contributed by atoms with Gasteiger partial charge in [-0.25, -0.2) is 0 Å². The summed E-state index contributed by atoms with van der Waals surface area (Å²) in [5.74, 6) is 0.289. The van der Waals surface area contributed by atoms with Gasteiger partial charge in [-0.1, -0.05) is 26.0 Å². The Morgan fingerprint density at radius 2 is 1.88 bits per heavy atom. The summed E-state index contributed by atoms with van der Waals surface area (Å²) in [4.78, 5) is 0. The topological polar surface area (TPSA) is 52.5 Å². The van der Waals surface area contributed by atoms with Crippen molar-refractivity contribution in [3.8, 4) is 5.75 Å². The molecule has 0 aromatic heterocycles. The highest BCUT2D eigenvalue weighted by Crippen LogP contribution is 2.18. The van der Waals surface area contributed by atoms with Gasteiger partial charge in [0.1, 0.15) is 5.75 Å². The average molecular weight is 223 g/mol. The van der Waals surface area contributed by atoms with Crippen LogP contribution >= 0.6 is 0 Å². The van der Waals surface area contributed by atoms with E-state index < -0.39 is 0 Å². The second-order valence-electron chi connectivity index (χ2n) is 4.59. The summed E-state index contributed by atoms with van der Waals surface area (Å²) in [6, 6.07) is 7.15. The van der Waals surface area contributed by atoms with Gasteiger partial charge in [-0.15, -0.1) is 0 Å². The first kappa shape index (κ1) is 13.0. The molecule has 0 saturated heterocycles. The van der Waals surface area contributed by atoms with E-state index in [4.69, 9.17) is 5.11 Å². The highest BCUT2D eigenvalue weighted by atomic mass is 16.3. The van der Waals surface area contributed by atoms with E-state index in [1.165, 1.54) is 0 Å². The molecule has 3 heteroatoms. The minimum Gasteiger partial charge on any atom is -0.508 e. The van der Waals surface area contributed by atoms with Crippen molar-refractivity contribution < 1.29 is 10.2 Å². The van der Waals surface area contributed by atoms with Crippen LogP contribution in [0.25, 0.3) is 0 Å². The number of rotatable bonds is 6. The molecule has 0 aliphatic rings. The molecule has 0 amide bonds. The summed E-state index contributed by atoms with van der Waals surface area (Å²) in [6.07, 6.45) is 0.950. The molecule has 0 heterocycles. The Labute approximate surface area is 97.1 Å². The van der Waals surface area contributed by atoms with Crippen molar-refractivity contribution in [3.05, 3.63) is 29.8 Å². The van der Waals surface area contributed by atoms with Gasteiger partial charge < -0.3 is 15.5 Å². The smallest absolute Gasteiger partial charge is 0.115 e. The maximum absolute atomic E-state index is 9.25. The zero-order valence-electron chi connectivity index (χ0n) is 10.0. The van der Waals surface area contributed by atoms with Gasteiger partial charge in [-0.3, -0.25) is 0 Å². The Hall–Kier alpha value is -1.06. The van der Waals surface area contributed by atoms with E-state index in [2.05, 4.69) is 19.2 Å². The fraction of sp³-hybridized carbons (Fsp3) is 0.538. The van der Waals surface area contributed by atoms with E-state index in [0.717, 1.165) is 25.1 Å². The zero-order chi connectivity index (χ0) is 12.0. The number of phenols is 1. The Morgan fingerprint density at radius 3 is 2.38 bits per heavy atom. The molecule has 1 unspecified atom stereocenters. The number of aliphatic hydroxyl groups excluding tert-OH is 1. The summed E-state index contributed by atoms with van der Waals surface area (Å²) >= 11 is 0. The van der Waals surface area contributed by atoms with Gasteiger partial charge in [0.2, 0.25) is 0 Å². The van der Waals surface area contributed by atoms with Crippen LogP contribution in [-0.4, -0.2) is 23.4 Å². The predicted octanol–water partition coefficient (Wildman–Crippen LogP) is 1.89. The number of aromatic hydroxyl groups is 1. The molecule has 1 aromatic rings. The number of benzene rings is 1. The van der Waals surface area contributed by atoms with E-state index in [1.807, 2.05) is 12.1 Å². The van der Waals surface area contributed by atoms with Crippen LogP contribution in [0.1, 0.15) is 25.8 Å². The fourth-order valence-corrected chi connectivity index (χ4v) is 1.42. The lowest BCUT2D eigenvalue weighted by molar-refractivity contribution is 0.135. The Bertz CT molecular complexity index is 304. The van der Waals surface area contributed by atoms with Crippen LogP contribution in [0.5, 0.6) is 5.75 Å². The number of hydrogen-bond acceptors (Lipinski definition) is 3. The predicted molar refractivity (Wildman–Crippen MR) is 65.3 cm³/mol. The third-order valence-electron chi connectivity index (χ3n) is 3.05. The van der Waals surface area contributed by atoms with Crippen molar-refractivity contribution in [3.63, 3.8) is 0 Å². The van der Waals surface area contributed by atoms with E-state index in [0.29, 0.717) is 0 Å². The van der Waals surface area contributed by atoms with Crippen LogP contribution in [0.3, 0.4) is 0 Å². The van der Waals surface area contributed by atoms with Gasteiger partial charge in [-0.05, 0) is 24.1 Å². The standard InChI is InChI=1S/C13H21NO2/c1-3-13(2,10-15)9-14-8-11-4-6-12(16)7-5-11/h4-7,14-16H,3,8-10H2,1-2H3. The molecular formula is C13H21NO2. The first-order valence-electron chi connectivity index (χ1n) is 5.69. The average Bonchev–Trinajstić information content (AvgIpc) is 2.31. The van der Waals surface area contributed by atoms with Crippen molar-refractivity contribution in [2.75, 3.05) is 13.2 Å². The van der Waals surface area contributed by atoms with Crippen molar-refractivity contribution in [2.45, 2.75) is 26.8 Å². The molecule has 3 nitrogen and oxygen atoms in total. The second-order valence-corrected chi connectivity index (χ2v) is 4.59. The zero-order valence-corrected chi connectivity index (χ0v) is 10.0. The van der Waals surface area contributed by atoms with Gasteiger partial charge in [-0.2, -0.15) is 0 Å². The van der Waals surface area contributed by atoms with Crippen LogP contribution in [0.15, 0.2) is 24.3 Å². The molecule has 0 spiro atoms. The fourth-order valence-electron chi connectivity index (χ4n) is 1.42. The minimum atomic E-state index is -0.0447. The first-order valence-corrected chi connectivity index (χ1v) is 5.69. The molecule has 16 heavy (non-hydrogen) atoms. The maximum Gasteiger partial charge on any atom is 0.115 e. The summed E-state index contributed by atoms with van der Waals surface area (Å²) in [5, 5.41) is 21.7. The molecule has 90 valence electrons. The van der Waals surface area contributed by atoms with Gasteiger partial charge in [0.25, 0.3) is 0 Å². The maximum atomic E-state index is 9.25. The van der Waals surface area contributed by atoms with Gasteiger partial charge in [0.15, 0.2) is 0 Å². The molecule has 0 saturated carbocycles. The molecule has 0 bridgehead atoms. The van der Waals surface area contributed by atoms with Crippen LogP contribution < -0.4 is 5.32 Å². The molecule has 1 rings (SSSR count). The highest BCUT2D eigenvalue weighted by Gasteiger charge is 2.19. The summed E-state index contributed by atoms with van der Waals surface area (Å²) in [5.41, 5.74) is 1.09. The SMILES string of the molecule is CCC(C)(CO)CNCc1ccc(O)cc1. The third-order valence-corrected chi connectivity index (χ3v) is 3.05. The van der Waals surface area contributed by atoms with Crippen molar-refractivity contribution >= 4 is 0 Å². The van der Waals surface area contributed by atoms with E-state index >= 15 is 0 Å². The van der Waals surface area contributed by atoms with E-state index in [1.54, 1.807) is 12.1 Å². The first-order chi connectivity index (χ1) is 7.59. The number of hydrogen-bond donors (Lipinski definition) is 3. The van der Waals surface area contributed by atoms with Crippen LogP contribution in [0.4, 0.5) is 0 Å². The molecule has 3 N–H and O–H groups in total. The molecular weight excluding hydrogens is 202 g/mol. The van der Waals surface area contributed by atoms with Crippen molar-refractivity contribution in [1.29, 1.82) is 0 Å². The third kappa shape index (κ3) is 3.83. The molecule has 0 fully saturated rings. The summed E-state index contributed by atoms with van der Waals surface area (Å²) in [7, 11) is 0. The molecule has 0 aliphatic carbocycles. The Kier molecular flexibility index (Phi) is 4.77. The monoisotopic (exact) mass is 223 g/mol. The van der Waals surface area contributed by atoms with Crippen LogP contribution in [-0.2, 0) is 6.54 Å². The van der Waals surface area contributed by atoms with Gasteiger partial charge >= 0.3 is 0 Å². The molecule has 0 radical (unpaired) electrons. The normalized spacial score (nSPS) is 14.7. The summed E-state index contributed by atoms with van der Waals surface area (Å²) in [6.45, 7) is 5.90. The number of nitrogens with one attached hydrogen (secondary N) is 1. The Balaban J connectivity index is 2.38. The van der Waals surface area contributed by atoms with Crippen molar-refractivity contribution in [2.24, 2.45) is 5.41 Å². The highest BCUT2D eigenvalue weighted by molar-refractivity contribution is 5.25.